The molecule has 98 valence electrons. The van der Waals surface area contributed by atoms with Crippen LogP contribution in [0.2, 0.25) is 0 Å². The number of halogens is 3. The summed E-state index contributed by atoms with van der Waals surface area (Å²) < 4.78 is 15.1. The van der Waals surface area contributed by atoms with Crippen molar-refractivity contribution in [3.05, 3.63) is 61.4 Å². The molecule has 2 nitrogen and oxygen atoms in total. The van der Waals surface area contributed by atoms with Gasteiger partial charge < -0.3 is 5.32 Å². The molecule has 2 aromatic rings. The molecule has 5 heteroatoms. The molecule has 0 atom stereocenters. The number of amides is 1. The Bertz CT molecular complexity index is 645. The predicted octanol–water partition coefficient (Wildman–Crippen LogP) is 4.75. The second-order valence-corrected chi connectivity index (χ2v) is 6.14. The van der Waals surface area contributed by atoms with Crippen molar-refractivity contribution >= 4 is 50.1 Å². The smallest absolute Gasteiger partial charge is 0.256 e. The van der Waals surface area contributed by atoms with Crippen LogP contribution < -0.4 is 5.32 Å². The zero-order valence-corrected chi connectivity index (χ0v) is 13.7. The van der Waals surface area contributed by atoms with Crippen LogP contribution in [0.1, 0.15) is 15.9 Å². The summed E-state index contributed by atoms with van der Waals surface area (Å²) in [5.41, 5.74) is 1.79. The van der Waals surface area contributed by atoms with Crippen LogP contribution in [0.3, 0.4) is 0 Å². The van der Waals surface area contributed by atoms with Gasteiger partial charge in [-0.15, -0.1) is 0 Å². The normalized spacial score (nSPS) is 10.3. The molecule has 0 saturated carbocycles. The Balaban J connectivity index is 2.25. The summed E-state index contributed by atoms with van der Waals surface area (Å²) in [4.78, 5) is 12.1. The van der Waals surface area contributed by atoms with Crippen LogP contribution in [0.4, 0.5) is 10.1 Å². The first-order valence-corrected chi connectivity index (χ1v) is 7.37. The van der Waals surface area contributed by atoms with Crippen molar-refractivity contribution < 1.29 is 9.18 Å². The summed E-state index contributed by atoms with van der Waals surface area (Å²) in [6.07, 6.45) is 0. The van der Waals surface area contributed by atoms with E-state index in [-0.39, 0.29) is 11.6 Å². The first kappa shape index (κ1) is 14.5. The minimum absolute atomic E-state index is 0.171. The fraction of sp³-hybridized carbons (Fsp3) is 0.0714. The molecule has 0 radical (unpaired) electrons. The Morgan fingerprint density at radius 1 is 1.26 bits per heavy atom. The van der Waals surface area contributed by atoms with E-state index in [0.29, 0.717) is 10.0 Å². The largest absolute Gasteiger partial charge is 0.319 e. The Morgan fingerprint density at radius 2 is 2.00 bits per heavy atom. The lowest BCUT2D eigenvalue weighted by atomic mass is 10.1. The average molecular weight is 434 g/mol. The lowest BCUT2D eigenvalue weighted by molar-refractivity contribution is 0.102. The number of benzene rings is 2. The highest BCUT2D eigenvalue weighted by atomic mass is 127. The number of hydrogen-bond acceptors (Lipinski definition) is 1. The van der Waals surface area contributed by atoms with E-state index >= 15 is 0 Å². The van der Waals surface area contributed by atoms with Gasteiger partial charge in [-0.05, 0) is 59.8 Å². The van der Waals surface area contributed by atoms with Gasteiger partial charge in [0.15, 0.2) is 0 Å². The minimum Gasteiger partial charge on any atom is -0.319 e. The molecule has 2 aromatic carbocycles. The highest BCUT2D eigenvalue weighted by Gasteiger charge is 2.12. The Hall–Kier alpha value is -0.950. The first-order chi connectivity index (χ1) is 8.97. The third-order valence-corrected chi connectivity index (χ3v) is 3.93. The van der Waals surface area contributed by atoms with Gasteiger partial charge in [0.2, 0.25) is 0 Å². The molecule has 0 heterocycles. The number of carbonyl (C=O) groups is 1. The summed E-state index contributed by atoms with van der Waals surface area (Å²) in [5, 5.41) is 2.57. The SMILES string of the molecule is Cc1ccc(C(=O)Nc2ccc(Br)cc2F)c(I)c1. The molecule has 0 aliphatic carbocycles. The van der Waals surface area contributed by atoms with Crippen molar-refractivity contribution in [2.45, 2.75) is 6.92 Å². The van der Waals surface area contributed by atoms with E-state index in [9.17, 15) is 9.18 Å². The summed E-state index contributed by atoms with van der Waals surface area (Å²) in [7, 11) is 0. The second kappa shape index (κ2) is 6.00. The van der Waals surface area contributed by atoms with Crippen LogP contribution in [-0.2, 0) is 0 Å². The molecule has 2 rings (SSSR count). The summed E-state index contributed by atoms with van der Waals surface area (Å²) in [6, 6.07) is 10.0. The van der Waals surface area contributed by atoms with Crippen molar-refractivity contribution in [1.29, 1.82) is 0 Å². The van der Waals surface area contributed by atoms with E-state index in [1.165, 1.54) is 12.1 Å². The zero-order valence-electron chi connectivity index (χ0n) is 10.0. The van der Waals surface area contributed by atoms with E-state index in [0.717, 1.165) is 9.13 Å². The number of anilines is 1. The molecule has 1 amide bonds. The quantitative estimate of drug-likeness (QED) is 0.680. The molecule has 0 unspecified atom stereocenters. The van der Waals surface area contributed by atoms with Crippen molar-refractivity contribution in [3.8, 4) is 0 Å². The van der Waals surface area contributed by atoms with E-state index in [4.69, 9.17) is 0 Å². The van der Waals surface area contributed by atoms with E-state index in [1.54, 1.807) is 12.1 Å². The summed E-state index contributed by atoms with van der Waals surface area (Å²) in [5.74, 6) is -0.782. The predicted molar refractivity (Wildman–Crippen MR) is 85.9 cm³/mol. The third-order valence-electron chi connectivity index (χ3n) is 2.55. The Kier molecular flexibility index (Phi) is 4.57. The number of hydrogen-bond donors (Lipinski definition) is 1. The Morgan fingerprint density at radius 3 is 2.63 bits per heavy atom. The standard InChI is InChI=1S/C14H10BrFINO/c1-8-2-4-10(12(17)6-8)14(19)18-13-5-3-9(15)7-11(13)16/h2-7H,1H3,(H,18,19). The van der Waals surface area contributed by atoms with Crippen LogP contribution in [-0.4, -0.2) is 5.91 Å². The van der Waals surface area contributed by atoms with Gasteiger partial charge in [0, 0.05) is 8.04 Å². The highest BCUT2D eigenvalue weighted by Crippen LogP contribution is 2.21. The molecular weight excluding hydrogens is 424 g/mol. The molecule has 0 saturated heterocycles. The van der Waals surface area contributed by atoms with Gasteiger partial charge >= 0.3 is 0 Å². The monoisotopic (exact) mass is 433 g/mol. The molecule has 0 bridgehead atoms. The van der Waals surface area contributed by atoms with Gasteiger partial charge in [-0.3, -0.25) is 4.79 Å². The maximum absolute atomic E-state index is 13.6. The van der Waals surface area contributed by atoms with Crippen molar-refractivity contribution in [2.24, 2.45) is 0 Å². The van der Waals surface area contributed by atoms with Crippen LogP contribution in [0.5, 0.6) is 0 Å². The minimum atomic E-state index is -0.468. The average Bonchev–Trinajstić information content (AvgIpc) is 2.32. The fourth-order valence-electron chi connectivity index (χ4n) is 1.58. The lowest BCUT2D eigenvalue weighted by Crippen LogP contribution is -2.14. The van der Waals surface area contributed by atoms with Gasteiger partial charge in [0.1, 0.15) is 5.82 Å². The summed E-state index contributed by atoms with van der Waals surface area (Å²) in [6.45, 7) is 1.96. The molecule has 0 aromatic heterocycles. The van der Waals surface area contributed by atoms with Gasteiger partial charge in [-0.25, -0.2) is 4.39 Å². The molecule has 0 fully saturated rings. The lowest BCUT2D eigenvalue weighted by Gasteiger charge is -2.08. The molecular formula is C14H10BrFINO. The van der Waals surface area contributed by atoms with Gasteiger partial charge in [0.25, 0.3) is 5.91 Å². The van der Waals surface area contributed by atoms with E-state index < -0.39 is 5.82 Å². The topological polar surface area (TPSA) is 29.1 Å². The number of carbonyl (C=O) groups excluding carboxylic acids is 1. The van der Waals surface area contributed by atoms with Crippen molar-refractivity contribution in [2.75, 3.05) is 5.32 Å². The molecule has 0 aliphatic heterocycles. The van der Waals surface area contributed by atoms with Gasteiger partial charge in [-0.2, -0.15) is 0 Å². The van der Waals surface area contributed by atoms with Crippen LogP contribution in [0.15, 0.2) is 40.9 Å². The van der Waals surface area contributed by atoms with E-state index in [1.807, 2.05) is 19.1 Å². The number of rotatable bonds is 2. The first-order valence-electron chi connectivity index (χ1n) is 5.50. The molecule has 0 aliphatic rings. The molecule has 1 N–H and O–H groups in total. The van der Waals surface area contributed by atoms with E-state index in [2.05, 4.69) is 43.8 Å². The maximum atomic E-state index is 13.6. The summed E-state index contributed by atoms with van der Waals surface area (Å²) >= 11 is 5.27. The second-order valence-electron chi connectivity index (χ2n) is 4.06. The number of nitrogens with one attached hydrogen (secondary N) is 1. The third kappa shape index (κ3) is 3.54. The fourth-order valence-corrected chi connectivity index (χ4v) is 2.83. The van der Waals surface area contributed by atoms with Gasteiger partial charge in [0.05, 0.1) is 11.3 Å². The van der Waals surface area contributed by atoms with Gasteiger partial charge in [-0.1, -0.05) is 27.6 Å². The molecule has 0 spiro atoms. The van der Waals surface area contributed by atoms with Crippen molar-refractivity contribution in [3.63, 3.8) is 0 Å². The zero-order chi connectivity index (χ0) is 14.0. The van der Waals surface area contributed by atoms with Crippen LogP contribution >= 0.6 is 38.5 Å². The van der Waals surface area contributed by atoms with Crippen LogP contribution in [0, 0.1) is 16.3 Å². The maximum Gasteiger partial charge on any atom is 0.256 e. The number of aryl methyl sites for hydroxylation is 1. The molecule has 19 heavy (non-hydrogen) atoms. The Labute approximate surface area is 132 Å². The van der Waals surface area contributed by atoms with Crippen molar-refractivity contribution in [1.82, 2.24) is 0 Å². The van der Waals surface area contributed by atoms with Crippen LogP contribution in [0.25, 0.3) is 0 Å². The highest BCUT2D eigenvalue weighted by molar-refractivity contribution is 14.1.